The number of para-hydroxylation sites is 1. The van der Waals surface area contributed by atoms with Crippen molar-refractivity contribution >= 4 is 18.4 Å². The van der Waals surface area contributed by atoms with Crippen molar-refractivity contribution in [3.63, 3.8) is 0 Å². The minimum absolute atomic E-state index is 0. The minimum atomic E-state index is -0.354. The Hall–Kier alpha value is -1.84. The summed E-state index contributed by atoms with van der Waals surface area (Å²) in [5.41, 5.74) is 7.95. The van der Waals surface area contributed by atoms with E-state index < -0.39 is 0 Å². The highest BCUT2D eigenvalue weighted by atomic mass is 35.5. The molecular formula is C15H16ClNO2. The number of halogens is 1. The molecule has 0 aromatic heterocycles. The topological polar surface area (TPSA) is 52.3 Å². The van der Waals surface area contributed by atoms with E-state index in [2.05, 4.69) is 0 Å². The van der Waals surface area contributed by atoms with Gasteiger partial charge in [0.1, 0.15) is 5.75 Å². The molecule has 19 heavy (non-hydrogen) atoms. The first-order chi connectivity index (χ1) is 8.70. The maximum atomic E-state index is 11.9. The van der Waals surface area contributed by atoms with E-state index in [1.54, 1.807) is 18.2 Å². The van der Waals surface area contributed by atoms with Gasteiger partial charge < -0.3 is 10.5 Å². The molecule has 0 heterocycles. The fourth-order valence-electron chi connectivity index (χ4n) is 1.61. The summed E-state index contributed by atoms with van der Waals surface area (Å²) >= 11 is 0. The molecule has 2 aromatic carbocycles. The van der Waals surface area contributed by atoms with Crippen LogP contribution in [0.5, 0.6) is 5.75 Å². The normalized spacial score (nSPS) is 9.58. The van der Waals surface area contributed by atoms with Gasteiger partial charge in [-0.3, -0.25) is 0 Å². The number of carbonyl (C=O) groups is 1. The van der Waals surface area contributed by atoms with E-state index in [-0.39, 0.29) is 18.4 Å². The highest BCUT2D eigenvalue weighted by molar-refractivity contribution is 5.91. The zero-order chi connectivity index (χ0) is 13.0. The van der Waals surface area contributed by atoms with Gasteiger partial charge in [0.2, 0.25) is 0 Å². The summed E-state index contributed by atoms with van der Waals surface area (Å²) in [5, 5.41) is 0. The maximum absolute atomic E-state index is 11.9. The second-order valence-electron chi connectivity index (χ2n) is 4.06. The standard InChI is InChI=1S/C15H15NO2.ClH/c1-11-4-2-3-5-14(11)18-15(17)13-8-6-12(10-16)7-9-13;/h2-9H,10,16H2,1H3;1H. The van der Waals surface area contributed by atoms with Gasteiger partial charge in [0.25, 0.3) is 0 Å². The van der Waals surface area contributed by atoms with E-state index in [0.29, 0.717) is 17.9 Å². The molecule has 0 aliphatic rings. The number of carbonyl (C=O) groups excluding carboxylic acids is 1. The zero-order valence-electron chi connectivity index (χ0n) is 10.6. The number of nitrogens with two attached hydrogens (primary N) is 1. The van der Waals surface area contributed by atoms with Crippen LogP contribution in [0.1, 0.15) is 21.5 Å². The first-order valence-electron chi connectivity index (χ1n) is 5.77. The molecule has 2 rings (SSSR count). The maximum Gasteiger partial charge on any atom is 0.343 e. The van der Waals surface area contributed by atoms with Crippen molar-refractivity contribution in [1.82, 2.24) is 0 Å². The molecule has 0 fully saturated rings. The van der Waals surface area contributed by atoms with Crippen LogP contribution in [0, 0.1) is 6.92 Å². The van der Waals surface area contributed by atoms with Crippen molar-refractivity contribution in [2.24, 2.45) is 5.73 Å². The van der Waals surface area contributed by atoms with Crippen LogP contribution < -0.4 is 10.5 Å². The van der Waals surface area contributed by atoms with E-state index >= 15 is 0 Å². The monoisotopic (exact) mass is 277 g/mol. The van der Waals surface area contributed by atoms with Gasteiger partial charge in [-0.15, -0.1) is 12.4 Å². The van der Waals surface area contributed by atoms with Crippen LogP contribution in [-0.2, 0) is 6.54 Å². The summed E-state index contributed by atoms with van der Waals surface area (Å²) in [5.74, 6) is 0.235. The molecule has 0 atom stereocenters. The van der Waals surface area contributed by atoms with Crippen LogP contribution in [0.4, 0.5) is 0 Å². The first kappa shape index (κ1) is 15.2. The van der Waals surface area contributed by atoms with Crippen LogP contribution in [0.3, 0.4) is 0 Å². The Balaban J connectivity index is 0.00000180. The third-order valence-electron chi connectivity index (χ3n) is 2.72. The molecule has 4 heteroatoms. The number of rotatable bonds is 3. The first-order valence-corrected chi connectivity index (χ1v) is 5.77. The number of esters is 1. The molecule has 100 valence electrons. The van der Waals surface area contributed by atoms with Gasteiger partial charge >= 0.3 is 5.97 Å². The van der Waals surface area contributed by atoms with Crippen molar-refractivity contribution in [2.75, 3.05) is 0 Å². The largest absolute Gasteiger partial charge is 0.423 e. The highest BCUT2D eigenvalue weighted by Crippen LogP contribution is 2.18. The predicted octanol–water partition coefficient (Wildman–Crippen LogP) is 3.09. The number of aryl methyl sites for hydroxylation is 1. The summed E-state index contributed by atoms with van der Waals surface area (Å²) in [6.07, 6.45) is 0. The van der Waals surface area contributed by atoms with Crippen LogP contribution in [0.2, 0.25) is 0 Å². The summed E-state index contributed by atoms with van der Waals surface area (Å²) < 4.78 is 5.33. The lowest BCUT2D eigenvalue weighted by molar-refractivity contribution is 0.0733. The van der Waals surface area contributed by atoms with Crippen molar-refractivity contribution in [3.8, 4) is 5.75 Å². The quantitative estimate of drug-likeness (QED) is 0.693. The van der Waals surface area contributed by atoms with E-state index in [9.17, 15) is 4.79 Å². The number of ether oxygens (including phenoxy) is 1. The number of hydrogen-bond acceptors (Lipinski definition) is 3. The Morgan fingerprint density at radius 1 is 1.11 bits per heavy atom. The van der Waals surface area contributed by atoms with Crippen LogP contribution in [-0.4, -0.2) is 5.97 Å². The zero-order valence-corrected chi connectivity index (χ0v) is 11.4. The van der Waals surface area contributed by atoms with Gasteiger partial charge in [-0.1, -0.05) is 30.3 Å². The van der Waals surface area contributed by atoms with Crippen molar-refractivity contribution < 1.29 is 9.53 Å². The molecule has 3 nitrogen and oxygen atoms in total. The molecule has 0 amide bonds. The molecule has 0 radical (unpaired) electrons. The highest BCUT2D eigenvalue weighted by Gasteiger charge is 2.09. The predicted molar refractivity (Wildman–Crippen MR) is 77.7 cm³/mol. The molecule has 0 aliphatic carbocycles. The van der Waals surface area contributed by atoms with Gasteiger partial charge in [0.05, 0.1) is 5.56 Å². The molecule has 0 saturated carbocycles. The Morgan fingerprint density at radius 3 is 2.32 bits per heavy atom. The van der Waals surface area contributed by atoms with Crippen molar-refractivity contribution in [3.05, 3.63) is 65.2 Å². The summed E-state index contributed by atoms with van der Waals surface area (Å²) in [6.45, 7) is 2.37. The number of benzene rings is 2. The summed E-state index contributed by atoms with van der Waals surface area (Å²) in [6, 6.07) is 14.5. The Morgan fingerprint density at radius 2 is 1.74 bits per heavy atom. The SMILES string of the molecule is Cc1ccccc1OC(=O)c1ccc(CN)cc1.Cl. The van der Waals surface area contributed by atoms with E-state index in [1.165, 1.54) is 0 Å². The molecule has 0 spiro atoms. The van der Waals surface area contributed by atoms with Gasteiger partial charge in [-0.25, -0.2) is 4.79 Å². The molecule has 0 saturated heterocycles. The molecule has 2 aromatic rings. The van der Waals surface area contributed by atoms with Crippen LogP contribution >= 0.6 is 12.4 Å². The Labute approximate surface area is 118 Å². The van der Waals surface area contributed by atoms with Crippen molar-refractivity contribution in [1.29, 1.82) is 0 Å². The van der Waals surface area contributed by atoms with Crippen LogP contribution in [0.15, 0.2) is 48.5 Å². The average Bonchev–Trinajstić information content (AvgIpc) is 2.41. The third-order valence-corrected chi connectivity index (χ3v) is 2.72. The lowest BCUT2D eigenvalue weighted by Crippen LogP contribution is -2.09. The summed E-state index contributed by atoms with van der Waals surface area (Å²) in [7, 11) is 0. The van der Waals surface area contributed by atoms with Gasteiger partial charge in [0, 0.05) is 6.54 Å². The molecule has 0 unspecified atom stereocenters. The van der Waals surface area contributed by atoms with Gasteiger partial charge in [-0.2, -0.15) is 0 Å². The van der Waals surface area contributed by atoms with E-state index in [1.807, 2.05) is 37.3 Å². The van der Waals surface area contributed by atoms with Crippen LogP contribution in [0.25, 0.3) is 0 Å². The molecule has 0 aliphatic heterocycles. The Kier molecular flexibility index (Phi) is 5.55. The van der Waals surface area contributed by atoms with E-state index in [4.69, 9.17) is 10.5 Å². The fraction of sp³-hybridized carbons (Fsp3) is 0.133. The molecular weight excluding hydrogens is 262 g/mol. The van der Waals surface area contributed by atoms with Crippen molar-refractivity contribution in [2.45, 2.75) is 13.5 Å². The number of hydrogen-bond donors (Lipinski definition) is 1. The second kappa shape index (κ2) is 6.92. The lowest BCUT2D eigenvalue weighted by atomic mass is 10.1. The smallest absolute Gasteiger partial charge is 0.343 e. The second-order valence-corrected chi connectivity index (χ2v) is 4.06. The third kappa shape index (κ3) is 3.81. The Bertz CT molecular complexity index is 552. The van der Waals surface area contributed by atoms with Gasteiger partial charge in [0.15, 0.2) is 0 Å². The molecule has 0 bridgehead atoms. The molecule has 2 N–H and O–H groups in total. The average molecular weight is 278 g/mol. The fourth-order valence-corrected chi connectivity index (χ4v) is 1.61. The minimum Gasteiger partial charge on any atom is -0.423 e. The summed E-state index contributed by atoms with van der Waals surface area (Å²) in [4.78, 5) is 11.9. The van der Waals surface area contributed by atoms with Gasteiger partial charge in [-0.05, 0) is 36.2 Å². The van der Waals surface area contributed by atoms with E-state index in [0.717, 1.165) is 11.1 Å². The lowest BCUT2D eigenvalue weighted by Gasteiger charge is -2.07.